The fourth-order valence-electron chi connectivity index (χ4n) is 3.55. The number of carbonyl (C=O) groups excluding carboxylic acids is 1. The van der Waals surface area contributed by atoms with Crippen LogP contribution in [0.5, 0.6) is 0 Å². The zero-order chi connectivity index (χ0) is 16.7. The predicted molar refractivity (Wildman–Crippen MR) is 97.5 cm³/mol. The molecule has 0 radical (unpaired) electrons. The van der Waals surface area contributed by atoms with Crippen LogP contribution in [0.3, 0.4) is 0 Å². The van der Waals surface area contributed by atoms with Crippen LogP contribution >= 0.6 is 0 Å². The van der Waals surface area contributed by atoms with Crippen LogP contribution in [-0.2, 0) is 10.2 Å². The van der Waals surface area contributed by atoms with Gasteiger partial charge in [-0.1, -0.05) is 55.7 Å². The van der Waals surface area contributed by atoms with Crippen molar-refractivity contribution in [2.24, 2.45) is 0 Å². The fraction of sp³-hybridized carbons (Fsp3) is 0.333. The maximum absolute atomic E-state index is 12.2. The molecule has 3 nitrogen and oxygen atoms in total. The normalized spacial score (nSPS) is 16.8. The first kappa shape index (κ1) is 16.4. The zero-order valence-electron chi connectivity index (χ0n) is 13.9. The van der Waals surface area contributed by atoms with Gasteiger partial charge in [0.2, 0.25) is 5.91 Å². The highest BCUT2D eigenvalue weighted by Crippen LogP contribution is 2.38. The summed E-state index contributed by atoms with van der Waals surface area (Å²) in [7, 11) is 0. The lowest BCUT2D eigenvalue weighted by Crippen LogP contribution is -2.41. The van der Waals surface area contributed by atoms with E-state index < -0.39 is 0 Å². The molecule has 0 unspecified atom stereocenters. The van der Waals surface area contributed by atoms with E-state index in [-0.39, 0.29) is 11.3 Å². The molecule has 1 saturated carbocycles. The van der Waals surface area contributed by atoms with Crippen LogP contribution in [0.1, 0.15) is 43.2 Å². The number of amides is 1. The van der Waals surface area contributed by atoms with Gasteiger partial charge in [-0.15, -0.1) is 0 Å². The van der Waals surface area contributed by atoms with Crippen LogP contribution in [0.25, 0.3) is 6.08 Å². The van der Waals surface area contributed by atoms with E-state index in [4.69, 9.17) is 0 Å². The Balaban J connectivity index is 1.66. The van der Waals surface area contributed by atoms with E-state index in [1.54, 1.807) is 24.5 Å². The van der Waals surface area contributed by atoms with Crippen LogP contribution in [0.15, 0.2) is 60.9 Å². The van der Waals surface area contributed by atoms with Crippen LogP contribution in [0.2, 0.25) is 0 Å². The van der Waals surface area contributed by atoms with Crippen LogP contribution < -0.4 is 5.32 Å². The molecule has 0 bridgehead atoms. The van der Waals surface area contributed by atoms with Crippen molar-refractivity contribution in [3.63, 3.8) is 0 Å². The largest absolute Gasteiger partial charge is 0.352 e. The minimum Gasteiger partial charge on any atom is -0.352 e. The summed E-state index contributed by atoms with van der Waals surface area (Å²) in [5.41, 5.74) is 2.36. The maximum Gasteiger partial charge on any atom is 0.244 e. The Hall–Kier alpha value is -2.42. The molecule has 124 valence electrons. The molecule has 24 heavy (non-hydrogen) atoms. The molecule has 1 aromatic heterocycles. The number of hydrogen-bond donors (Lipinski definition) is 1. The van der Waals surface area contributed by atoms with E-state index in [2.05, 4.69) is 40.6 Å². The number of nitrogens with zero attached hydrogens (tertiary/aromatic N) is 1. The van der Waals surface area contributed by atoms with E-state index in [1.807, 2.05) is 12.1 Å². The highest BCUT2D eigenvalue weighted by molar-refractivity contribution is 5.91. The van der Waals surface area contributed by atoms with Crippen LogP contribution in [0, 0.1) is 0 Å². The number of rotatable bonds is 5. The summed E-state index contributed by atoms with van der Waals surface area (Å²) in [4.78, 5) is 16.3. The average molecular weight is 320 g/mol. The Kier molecular flexibility index (Phi) is 5.42. The first-order valence-electron chi connectivity index (χ1n) is 8.70. The number of pyridine rings is 1. The third-order valence-electron chi connectivity index (χ3n) is 4.91. The number of nitrogens with one attached hydrogen (secondary N) is 1. The van der Waals surface area contributed by atoms with Crippen LogP contribution in [0.4, 0.5) is 0 Å². The van der Waals surface area contributed by atoms with Gasteiger partial charge >= 0.3 is 0 Å². The van der Waals surface area contributed by atoms with Crippen molar-refractivity contribution in [3.05, 3.63) is 72.1 Å². The van der Waals surface area contributed by atoms with Crippen molar-refractivity contribution in [2.75, 3.05) is 6.54 Å². The summed E-state index contributed by atoms with van der Waals surface area (Å²) in [6.07, 6.45) is 12.9. The second-order valence-corrected chi connectivity index (χ2v) is 6.54. The first-order chi connectivity index (χ1) is 11.8. The predicted octanol–water partition coefficient (Wildman–Crippen LogP) is 4.11. The van der Waals surface area contributed by atoms with Gasteiger partial charge in [0, 0.05) is 30.4 Å². The molecule has 3 rings (SSSR count). The Morgan fingerprint density at radius 1 is 1.08 bits per heavy atom. The molecule has 0 spiro atoms. The second kappa shape index (κ2) is 7.91. The highest BCUT2D eigenvalue weighted by Gasteiger charge is 2.33. The molecule has 1 aliphatic rings. The van der Waals surface area contributed by atoms with Gasteiger partial charge < -0.3 is 5.32 Å². The van der Waals surface area contributed by atoms with Gasteiger partial charge in [0.05, 0.1) is 0 Å². The van der Waals surface area contributed by atoms with E-state index in [1.165, 1.54) is 24.8 Å². The Labute approximate surface area is 143 Å². The molecule has 0 aliphatic heterocycles. The molecule has 1 N–H and O–H groups in total. The number of aromatic nitrogens is 1. The SMILES string of the molecule is O=C(/C=C/c1cccnc1)NCC1(c2ccccc2)CCCCC1. The van der Waals surface area contributed by atoms with E-state index in [0.717, 1.165) is 18.4 Å². The summed E-state index contributed by atoms with van der Waals surface area (Å²) in [5, 5.41) is 3.12. The minimum absolute atomic E-state index is 0.0419. The Bertz CT molecular complexity index is 673. The second-order valence-electron chi connectivity index (χ2n) is 6.54. The molecular formula is C21H24N2O. The van der Waals surface area contributed by atoms with Gasteiger partial charge in [-0.25, -0.2) is 0 Å². The summed E-state index contributed by atoms with van der Waals surface area (Å²) in [5.74, 6) is -0.0419. The van der Waals surface area contributed by atoms with Gasteiger partial charge in [0.25, 0.3) is 0 Å². The number of hydrogen-bond acceptors (Lipinski definition) is 2. The Morgan fingerprint density at radius 3 is 2.58 bits per heavy atom. The van der Waals surface area contributed by atoms with Crippen molar-refractivity contribution >= 4 is 12.0 Å². The molecule has 1 amide bonds. The molecule has 0 atom stereocenters. The van der Waals surface area contributed by atoms with Crippen molar-refractivity contribution in [1.29, 1.82) is 0 Å². The summed E-state index contributed by atoms with van der Waals surface area (Å²) in [6, 6.07) is 14.4. The molecule has 1 fully saturated rings. The standard InChI is InChI=1S/C21H24N2O/c24-20(12-11-18-8-7-15-22-16-18)23-17-21(13-5-2-6-14-21)19-9-3-1-4-10-19/h1,3-4,7-12,15-16H,2,5-6,13-14,17H2,(H,23,24)/b12-11+. The summed E-state index contributed by atoms with van der Waals surface area (Å²) in [6.45, 7) is 0.702. The highest BCUT2D eigenvalue weighted by atomic mass is 16.1. The van der Waals surface area contributed by atoms with E-state index in [0.29, 0.717) is 6.54 Å². The fourth-order valence-corrected chi connectivity index (χ4v) is 3.55. The quantitative estimate of drug-likeness (QED) is 0.842. The third-order valence-corrected chi connectivity index (χ3v) is 4.91. The molecular weight excluding hydrogens is 296 g/mol. The molecule has 3 heteroatoms. The number of benzene rings is 1. The smallest absolute Gasteiger partial charge is 0.244 e. The van der Waals surface area contributed by atoms with E-state index in [9.17, 15) is 4.79 Å². The molecule has 1 aliphatic carbocycles. The lowest BCUT2D eigenvalue weighted by molar-refractivity contribution is -0.116. The minimum atomic E-state index is -0.0419. The number of carbonyl (C=O) groups is 1. The molecule has 2 aromatic rings. The van der Waals surface area contributed by atoms with Crippen molar-refractivity contribution in [1.82, 2.24) is 10.3 Å². The molecule has 1 aromatic carbocycles. The van der Waals surface area contributed by atoms with Gasteiger partial charge in [0.15, 0.2) is 0 Å². The van der Waals surface area contributed by atoms with Crippen molar-refractivity contribution in [3.8, 4) is 0 Å². The van der Waals surface area contributed by atoms with Gasteiger partial charge in [0.1, 0.15) is 0 Å². The summed E-state index contributed by atoms with van der Waals surface area (Å²) < 4.78 is 0. The Morgan fingerprint density at radius 2 is 1.88 bits per heavy atom. The molecule has 1 heterocycles. The van der Waals surface area contributed by atoms with Crippen LogP contribution in [-0.4, -0.2) is 17.4 Å². The van der Waals surface area contributed by atoms with Gasteiger partial charge in [-0.2, -0.15) is 0 Å². The monoisotopic (exact) mass is 320 g/mol. The van der Waals surface area contributed by atoms with E-state index >= 15 is 0 Å². The lowest BCUT2D eigenvalue weighted by Gasteiger charge is -2.38. The topological polar surface area (TPSA) is 42.0 Å². The lowest BCUT2D eigenvalue weighted by atomic mass is 9.69. The van der Waals surface area contributed by atoms with Crippen molar-refractivity contribution in [2.45, 2.75) is 37.5 Å². The van der Waals surface area contributed by atoms with Gasteiger partial charge in [-0.05, 0) is 36.1 Å². The average Bonchev–Trinajstić information content (AvgIpc) is 2.67. The molecule has 0 saturated heterocycles. The summed E-state index contributed by atoms with van der Waals surface area (Å²) >= 11 is 0. The third kappa shape index (κ3) is 4.10. The zero-order valence-corrected chi connectivity index (χ0v) is 13.9. The first-order valence-corrected chi connectivity index (χ1v) is 8.70. The van der Waals surface area contributed by atoms with Gasteiger partial charge in [-0.3, -0.25) is 9.78 Å². The van der Waals surface area contributed by atoms with Crippen molar-refractivity contribution < 1.29 is 4.79 Å². The maximum atomic E-state index is 12.2.